The van der Waals surface area contributed by atoms with Crippen LogP contribution in [0, 0.1) is 0 Å². The minimum atomic E-state index is -1.62. The van der Waals surface area contributed by atoms with E-state index >= 15 is 0 Å². The second-order valence-electron chi connectivity index (χ2n) is 13.1. The lowest BCUT2D eigenvalue weighted by atomic mass is 9.90. The summed E-state index contributed by atoms with van der Waals surface area (Å²) in [5, 5.41) is 0. The molecule has 0 spiro atoms. The van der Waals surface area contributed by atoms with Crippen molar-refractivity contribution in [1.82, 2.24) is 0 Å². The number of aldehydes is 1. The van der Waals surface area contributed by atoms with Crippen LogP contribution < -0.4 is 0 Å². The van der Waals surface area contributed by atoms with Crippen LogP contribution in [0.4, 0.5) is 0 Å². The molecule has 53 heavy (non-hydrogen) atoms. The van der Waals surface area contributed by atoms with Crippen LogP contribution in [-0.4, -0.2) is 56.3 Å². The standard InChI is InChI=1S/C45H48O8/c1-47-45(34-46)27-40(49-29-36-19-9-3-10-20-36)42(51-31-38-23-13-5-14-24-38)44(53-45)43(52-32-39-25-15-6-16-26-39)41(50-30-37-21-11-4-12-22-37)33-48-28-35-17-7-2-8-18-35/h2-26,34,40-44H,27-33H2,1H3/t40-,41+,42+,43+,44+,45-/m0/s1. The SMILES string of the molecule is CO[C@@]1(C=O)C[C@H](OCc2ccccc2)[C@@H](OCc2ccccc2)[C@H]([C@H](OCc2ccccc2)[C@@H](COCc2ccccc2)OCc2ccccc2)O1. The highest BCUT2D eigenvalue weighted by atomic mass is 16.7. The molecule has 5 aromatic rings. The minimum Gasteiger partial charge on any atom is -0.374 e. The maximum atomic E-state index is 12.9. The monoisotopic (exact) mass is 716 g/mol. The third-order valence-corrected chi connectivity index (χ3v) is 9.30. The van der Waals surface area contributed by atoms with Crippen LogP contribution in [0.2, 0.25) is 0 Å². The lowest BCUT2D eigenvalue weighted by Gasteiger charge is -2.48. The number of rotatable bonds is 20. The van der Waals surface area contributed by atoms with Crippen molar-refractivity contribution in [3.8, 4) is 0 Å². The van der Waals surface area contributed by atoms with Crippen LogP contribution in [0.25, 0.3) is 0 Å². The fourth-order valence-corrected chi connectivity index (χ4v) is 6.43. The molecule has 0 aliphatic carbocycles. The van der Waals surface area contributed by atoms with E-state index in [0.717, 1.165) is 27.8 Å². The highest BCUT2D eigenvalue weighted by Crippen LogP contribution is 2.37. The first-order valence-corrected chi connectivity index (χ1v) is 18.1. The van der Waals surface area contributed by atoms with Gasteiger partial charge in [-0.1, -0.05) is 152 Å². The van der Waals surface area contributed by atoms with Gasteiger partial charge in [0.05, 0.1) is 45.7 Å². The molecule has 0 bridgehead atoms. The molecule has 5 aromatic carbocycles. The Morgan fingerprint density at radius 1 is 0.604 bits per heavy atom. The fourth-order valence-electron chi connectivity index (χ4n) is 6.43. The molecule has 0 unspecified atom stereocenters. The zero-order chi connectivity index (χ0) is 36.6. The van der Waals surface area contributed by atoms with Gasteiger partial charge in [0.25, 0.3) is 0 Å². The van der Waals surface area contributed by atoms with Crippen LogP contribution in [-0.2, 0) is 71.0 Å². The van der Waals surface area contributed by atoms with Crippen LogP contribution in [0.15, 0.2) is 152 Å². The maximum absolute atomic E-state index is 12.9. The average Bonchev–Trinajstić information content (AvgIpc) is 3.23. The molecule has 1 heterocycles. The van der Waals surface area contributed by atoms with Gasteiger partial charge < -0.3 is 33.2 Å². The van der Waals surface area contributed by atoms with E-state index in [9.17, 15) is 4.79 Å². The Kier molecular flexibility index (Phi) is 14.5. The van der Waals surface area contributed by atoms with Crippen molar-refractivity contribution in [1.29, 1.82) is 0 Å². The summed E-state index contributed by atoms with van der Waals surface area (Å²) in [6, 6.07) is 49.7. The van der Waals surface area contributed by atoms with Crippen molar-refractivity contribution in [3.05, 3.63) is 179 Å². The lowest BCUT2D eigenvalue weighted by Crippen LogP contribution is -2.63. The van der Waals surface area contributed by atoms with E-state index in [1.807, 2.05) is 152 Å². The second kappa shape index (κ2) is 20.1. The van der Waals surface area contributed by atoms with Gasteiger partial charge in [-0.25, -0.2) is 0 Å². The maximum Gasteiger partial charge on any atom is 0.228 e. The van der Waals surface area contributed by atoms with Crippen LogP contribution >= 0.6 is 0 Å². The van der Waals surface area contributed by atoms with E-state index in [0.29, 0.717) is 26.1 Å². The molecule has 8 nitrogen and oxygen atoms in total. The first-order valence-electron chi connectivity index (χ1n) is 18.1. The zero-order valence-corrected chi connectivity index (χ0v) is 30.1. The minimum absolute atomic E-state index is 0.112. The normalized spacial score (nSPS) is 21.1. The van der Waals surface area contributed by atoms with Crippen molar-refractivity contribution in [2.75, 3.05) is 13.7 Å². The number of benzene rings is 5. The molecule has 6 atom stereocenters. The van der Waals surface area contributed by atoms with Crippen LogP contribution in [0.5, 0.6) is 0 Å². The molecule has 0 amide bonds. The molecular formula is C45H48O8. The Bertz CT molecular complexity index is 1740. The van der Waals surface area contributed by atoms with E-state index in [2.05, 4.69) is 0 Å². The van der Waals surface area contributed by atoms with Crippen molar-refractivity contribution in [3.63, 3.8) is 0 Å². The summed E-state index contributed by atoms with van der Waals surface area (Å²) in [6.45, 7) is 1.66. The van der Waals surface area contributed by atoms with Gasteiger partial charge in [0, 0.05) is 13.5 Å². The molecular weight excluding hydrogens is 668 g/mol. The summed E-state index contributed by atoms with van der Waals surface area (Å²) in [4.78, 5) is 12.9. The lowest BCUT2D eigenvalue weighted by molar-refractivity contribution is -0.327. The molecule has 0 saturated carbocycles. The molecule has 0 aromatic heterocycles. The number of hydrogen-bond donors (Lipinski definition) is 0. The highest BCUT2D eigenvalue weighted by molar-refractivity contribution is 5.60. The molecule has 276 valence electrons. The summed E-state index contributed by atoms with van der Waals surface area (Å²) in [5.74, 6) is -1.62. The van der Waals surface area contributed by atoms with Gasteiger partial charge in [0.15, 0.2) is 6.29 Å². The molecule has 8 heteroatoms. The highest BCUT2D eigenvalue weighted by Gasteiger charge is 2.53. The van der Waals surface area contributed by atoms with Crippen molar-refractivity contribution >= 4 is 6.29 Å². The zero-order valence-electron chi connectivity index (χ0n) is 30.1. The summed E-state index contributed by atoms with van der Waals surface area (Å²) in [6.07, 6.45) is -2.85. The Morgan fingerprint density at radius 2 is 1.04 bits per heavy atom. The number of hydrogen-bond acceptors (Lipinski definition) is 8. The third-order valence-electron chi connectivity index (χ3n) is 9.30. The summed E-state index contributed by atoms with van der Waals surface area (Å²) >= 11 is 0. The second-order valence-corrected chi connectivity index (χ2v) is 13.1. The van der Waals surface area contributed by atoms with Gasteiger partial charge in [0.1, 0.15) is 24.4 Å². The van der Waals surface area contributed by atoms with Gasteiger partial charge in [-0.2, -0.15) is 0 Å². The first-order chi connectivity index (χ1) is 26.1. The molecule has 1 aliphatic rings. The number of methoxy groups -OCH3 is 1. The smallest absolute Gasteiger partial charge is 0.228 e. The topological polar surface area (TPSA) is 81.7 Å². The molecule has 1 saturated heterocycles. The predicted octanol–water partition coefficient (Wildman–Crippen LogP) is 7.88. The Morgan fingerprint density at radius 3 is 1.51 bits per heavy atom. The van der Waals surface area contributed by atoms with E-state index in [-0.39, 0.29) is 26.2 Å². The summed E-state index contributed by atoms with van der Waals surface area (Å²) < 4.78 is 46.0. The molecule has 1 aliphatic heterocycles. The van der Waals surface area contributed by atoms with Gasteiger partial charge in [-0.05, 0) is 27.8 Å². The van der Waals surface area contributed by atoms with E-state index in [4.69, 9.17) is 33.2 Å². The Hall–Kier alpha value is -4.51. The molecule has 0 N–H and O–H groups in total. The van der Waals surface area contributed by atoms with Crippen molar-refractivity contribution < 1.29 is 38.0 Å². The summed E-state index contributed by atoms with van der Waals surface area (Å²) in [5.41, 5.74) is 4.96. The molecule has 1 fully saturated rings. The van der Waals surface area contributed by atoms with E-state index < -0.39 is 36.3 Å². The molecule has 0 radical (unpaired) electrons. The first kappa shape index (κ1) is 38.2. The summed E-state index contributed by atoms with van der Waals surface area (Å²) in [7, 11) is 1.47. The van der Waals surface area contributed by atoms with Gasteiger partial charge >= 0.3 is 0 Å². The number of ether oxygens (including phenoxy) is 7. The number of carbonyl (C=O) groups is 1. The predicted molar refractivity (Wildman–Crippen MR) is 201 cm³/mol. The Labute approximate surface area is 312 Å². The molecule has 6 rings (SSSR count). The van der Waals surface area contributed by atoms with Crippen molar-refractivity contribution in [2.45, 2.75) is 75.8 Å². The van der Waals surface area contributed by atoms with E-state index in [1.165, 1.54) is 7.11 Å². The van der Waals surface area contributed by atoms with Crippen molar-refractivity contribution in [2.24, 2.45) is 0 Å². The van der Waals surface area contributed by atoms with Crippen LogP contribution in [0.1, 0.15) is 34.2 Å². The third kappa shape index (κ3) is 11.2. The largest absolute Gasteiger partial charge is 0.374 e. The quantitative estimate of drug-likeness (QED) is 0.0754. The fraction of sp³-hybridized carbons (Fsp3) is 0.311. The van der Waals surface area contributed by atoms with Gasteiger partial charge in [-0.15, -0.1) is 0 Å². The Balaban J connectivity index is 1.37. The van der Waals surface area contributed by atoms with E-state index in [1.54, 1.807) is 0 Å². The van der Waals surface area contributed by atoms with Gasteiger partial charge in [0.2, 0.25) is 5.79 Å². The number of carbonyl (C=O) groups excluding carboxylic acids is 1. The van der Waals surface area contributed by atoms with Gasteiger partial charge in [-0.3, -0.25) is 4.79 Å². The average molecular weight is 717 g/mol. The van der Waals surface area contributed by atoms with Crippen LogP contribution in [0.3, 0.4) is 0 Å².